The van der Waals surface area contributed by atoms with Gasteiger partial charge in [0.15, 0.2) is 11.5 Å². The first-order chi connectivity index (χ1) is 10.2. The predicted octanol–water partition coefficient (Wildman–Crippen LogP) is 2.18. The molecule has 2 atom stereocenters. The van der Waals surface area contributed by atoms with Crippen LogP contribution >= 0.6 is 11.6 Å². The van der Waals surface area contributed by atoms with Crippen molar-refractivity contribution >= 4 is 11.6 Å². The van der Waals surface area contributed by atoms with Crippen molar-refractivity contribution in [2.75, 3.05) is 33.5 Å². The summed E-state index contributed by atoms with van der Waals surface area (Å²) in [4.78, 5) is 2.23. The Morgan fingerprint density at radius 2 is 2.29 bits per heavy atom. The second kappa shape index (κ2) is 6.40. The Hall–Kier alpha value is -1.01. The first kappa shape index (κ1) is 14.9. The molecular formula is C15H21ClN2O3. The molecule has 2 aliphatic heterocycles. The molecule has 2 heterocycles. The highest BCUT2D eigenvalue weighted by atomic mass is 35.5. The van der Waals surface area contributed by atoms with Crippen molar-refractivity contribution in [1.29, 1.82) is 0 Å². The van der Waals surface area contributed by atoms with E-state index in [0.717, 1.165) is 31.6 Å². The van der Waals surface area contributed by atoms with Crippen LogP contribution in [0.2, 0.25) is 5.02 Å². The highest BCUT2D eigenvalue weighted by Gasteiger charge is 2.25. The molecule has 1 saturated heterocycles. The van der Waals surface area contributed by atoms with E-state index in [1.165, 1.54) is 0 Å². The monoisotopic (exact) mass is 312 g/mol. The van der Waals surface area contributed by atoms with Gasteiger partial charge < -0.3 is 19.9 Å². The molecule has 0 aliphatic carbocycles. The van der Waals surface area contributed by atoms with Crippen molar-refractivity contribution in [3.05, 3.63) is 22.7 Å². The molecule has 0 spiro atoms. The number of ether oxygens (including phenoxy) is 3. The first-order valence-corrected chi connectivity index (χ1v) is 7.67. The Morgan fingerprint density at radius 1 is 1.43 bits per heavy atom. The second-order valence-electron chi connectivity index (χ2n) is 5.56. The molecule has 2 unspecified atom stereocenters. The van der Waals surface area contributed by atoms with E-state index in [1.54, 1.807) is 0 Å². The number of rotatable bonds is 5. The van der Waals surface area contributed by atoms with Gasteiger partial charge in [0.25, 0.3) is 0 Å². The third-order valence-corrected chi connectivity index (χ3v) is 4.39. The third kappa shape index (κ3) is 3.11. The number of hydrogen-bond acceptors (Lipinski definition) is 5. The summed E-state index contributed by atoms with van der Waals surface area (Å²) in [5.41, 5.74) is 7.03. The molecule has 116 valence electrons. The van der Waals surface area contributed by atoms with Crippen molar-refractivity contribution in [3.63, 3.8) is 0 Å². The lowest BCUT2D eigenvalue weighted by Crippen LogP contribution is -2.36. The normalized spacial score (nSPS) is 22.0. The van der Waals surface area contributed by atoms with E-state index >= 15 is 0 Å². The molecule has 1 fully saturated rings. The van der Waals surface area contributed by atoms with Crippen molar-refractivity contribution in [2.24, 2.45) is 5.73 Å². The fourth-order valence-electron chi connectivity index (χ4n) is 2.99. The molecule has 5 nitrogen and oxygen atoms in total. The summed E-state index contributed by atoms with van der Waals surface area (Å²) in [6.07, 6.45) is 2.55. The van der Waals surface area contributed by atoms with Gasteiger partial charge in [0, 0.05) is 25.7 Å². The number of benzene rings is 1. The number of nitrogens with zero attached hydrogens (tertiary/aromatic N) is 1. The largest absolute Gasteiger partial charge is 0.454 e. The van der Waals surface area contributed by atoms with Crippen LogP contribution in [0.3, 0.4) is 0 Å². The summed E-state index contributed by atoms with van der Waals surface area (Å²) in [5, 5.41) is 0.573. The molecule has 2 N–H and O–H groups in total. The van der Waals surface area contributed by atoms with Crippen LogP contribution in [-0.4, -0.2) is 44.5 Å². The molecule has 3 rings (SSSR count). The van der Waals surface area contributed by atoms with Crippen molar-refractivity contribution in [2.45, 2.75) is 25.0 Å². The molecule has 0 aromatic heterocycles. The highest BCUT2D eigenvalue weighted by Crippen LogP contribution is 2.41. The van der Waals surface area contributed by atoms with Crippen LogP contribution in [0.5, 0.6) is 11.5 Å². The minimum atomic E-state index is 0.0844. The van der Waals surface area contributed by atoms with Crippen molar-refractivity contribution < 1.29 is 14.2 Å². The molecule has 21 heavy (non-hydrogen) atoms. The van der Waals surface area contributed by atoms with Gasteiger partial charge in [0.1, 0.15) is 0 Å². The van der Waals surface area contributed by atoms with Crippen LogP contribution in [0, 0.1) is 0 Å². The number of hydrogen-bond donors (Lipinski definition) is 1. The van der Waals surface area contributed by atoms with Crippen LogP contribution in [0.1, 0.15) is 24.4 Å². The Kier molecular flexibility index (Phi) is 4.54. The smallest absolute Gasteiger partial charge is 0.231 e. The summed E-state index contributed by atoms with van der Waals surface area (Å²) in [7, 11) is 2.07. The summed E-state index contributed by atoms with van der Waals surface area (Å²) < 4.78 is 16.5. The lowest BCUT2D eigenvalue weighted by Gasteiger charge is -2.29. The molecule has 0 bridgehead atoms. The van der Waals surface area contributed by atoms with Crippen LogP contribution in [0.25, 0.3) is 0 Å². The standard InChI is InChI=1S/C15H21ClN2O3/c1-18(8-11-3-2-4-19-11)13(7-17)10-5-12(16)15-14(6-10)20-9-21-15/h5-6,11,13H,2-4,7-9,17H2,1H3. The summed E-state index contributed by atoms with van der Waals surface area (Å²) in [6, 6.07) is 3.97. The number of nitrogens with two attached hydrogens (primary N) is 1. The predicted molar refractivity (Wildman–Crippen MR) is 81.0 cm³/mol. The highest BCUT2D eigenvalue weighted by molar-refractivity contribution is 6.32. The van der Waals surface area contributed by atoms with Gasteiger partial charge in [-0.2, -0.15) is 0 Å². The van der Waals surface area contributed by atoms with E-state index in [0.29, 0.717) is 29.2 Å². The summed E-state index contributed by atoms with van der Waals surface area (Å²) in [5.74, 6) is 1.32. The van der Waals surface area contributed by atoms with E-state index in [-0.39, 0.29) is 12.8 Å². The van der Waals surface area contributed by atoms with Gasteiger partial charge in [-0.15, -0.1) is 0 Å². The molecular weight excluding hydrogens is 292 g/mol. The molecule has 0 amide bonds. The number of likely N-dealkylation sites (N-methyl/N-ethyl adjacent to an activating group) is 1. The topological polar surface area (TPSA) is 57.0 Å². The fraction of sp³-hybridized carbons (Fsp3) is 0.600. The molecule has 0 saturated carbocycles. The Morgan fingerprint density at radius 3 is 3.00 bits per heavy atom. The van der Waals surface area contributed by atoms with Crippen molar-refractivity contribution in [3.8, 4) is 11.5 Å². The van der Waals surface area contributed by atoms with Gasteiger partial charge in [0.2, 0.25) is 6.79 Å². The van der Waals surface area contributed by atoms with Crippen molar-refractivity contribution in [1.82, 2.24) is 4.90 Å². The second-order valence-corrected chi connectivity index (χ2v) is 5.97. The van der Waals surface area contributed by atoms with Crippen LogP contribution in [0.15, 0.2) is 12.1 Å². The van der Waals surface area contributed by atoms with Gasteiger partial charge in [-0.05, 0) is 37.6 Å². The average molecular weight is 313 g/mol. The van der Waals surface area contributed by atoms with Crippen LogP contribution in [-0.2, 0) is 4.74 Å². The molecule has 2 aliphatic rings. The Bertz CT molecular complexity index is 506. The maximum absolute atomic E-state index is 6.26. The summed E-state index contributed by atoms with van der Waals surface area (Å²) >= 11 is 6.26. The minimum Gasteiger partial charge on any atom is -0.454 e. The van der Waals surface area contributed by atoms with E-state index < -0.39 is 0 Å². The van der Waals surface area contributed by atoms with Gasteiger partial charge >= 0.3 is 0 Å². The number of halogens is 1. The maximum atomic E-state index is 6.26. The zero-order valence-corrected chi connectivity index (χ0v) is 12.9. The summed E-state index contributed by atoms with van der Waals surface area (Å²) in [6.45, 7) is 2.46. The van der Waals surface area contributed by atoms with E-state index in [9.17, 15) is 0 Å². The van der Waals surface area contributed by atoms with Gasteiger partial charge in [-0.25, -0.2) is 0 Å². The zero-order valence-electron chi connectivity index (χ0n) is 12.2. The first-order valence-electron chi connectivity index (χ1n) is 7.30. The van der Waals surface area contributed by atoms with E-state index in [4.69, 9.17) is 31.5 Å². The van der Waals surface area contributed by atoms with E-state index in [2.05, 4.69) is 11.9 Å². The van der Waals surface area contributed by atoms with Gasteiger partial charge in [-0.3, -0.25) is 4.90 Å². The van der Waals surface area contributed by atoms with Crippen LogP contribution in [0.4, 0.5) is 0 Å². The SMILES string of the molecule is CN(CC1CCCO1)C(CN)c1cc(Cl)c2c(c1)OCO2. The van der Waals surface area contributed by atoms with Gasteiger partial charge in [0.05, 0.1) is 11.1 Å². The molecule has 6 heteroatoms. The quantitative estimate of drug-likeness (QED) is 0.903. The molecule has 1 aromatic carbocycles. The van der Waals surface area contributed by atoms with Crippen LogP contribution < -0.4 is 15.2 Å². The molecule has 0 radical (unpaired) electrons. The Balaban J connectivity index is 1.77. The maximum Gasteiger partial charge on any atom is 0.231 e. The number of fused-ring (bicyclic) bond motifs is 1. The minimum absolute atomic E-state index is 0.0844. The zero-order chi connectivity index (χ0) is 14.8. The molecule has 1 aromatic rings. The lowest BCUT2D eigenvalue weighted by atomic mass is 10.0. The Labute approximate surface area is 129 Å². The van der Waals surface area contributed by atoms with Gasteiger partial charge in [-0.1, -0.05) is 11.6 Å². The third-order valence-electron chi connectivity index (χ3n) is 4.11. The average Bonchev–Trinajstić information content (AvgIpc) is 3.10. The fourth-order valence-corrected chi connectivity index (χ4v) is 3.26. The lowest BCUT2D eigenvalue weighted by molar-refractivity contribution is 0.0689. The van der Waals surface area contributed by atoms with E-state index in [1.807, 2.05) is 12.1 Å².